The van der Waals surface area contributed by atoms with E-state index in [-0.39, 0.29) is 5.75 Å². The van der Waals surface area contributed by atoms with Gasteiger partial charge < -0.3 is 15.2 Å². The van der Waals surface area contributed by atoms with Crippen LogP contribution in [-0.4, -0.2) is 19.9 Å². The molecule has 0 radical (unpaired) electrons. The smallest absolute Gasteiger partial charge is 0.422 e. The molecule has 0 saturated heterocycles. The van der Waals surface area contributed by atoms with E-state index in [1.54, 1.807) is 19.1 Å². The summed E-state index contributed by atoms with van der Waals surface area (Å²) in [6, 6.07) is 4.14. The van der Waals surface area contributed by atoms with Gasteiger partial charge in [0.05, 0.1) is 12.7 Å². The Morgan fingerprint density at radius 3 is 2.35 bits per heavy atom. The molecule has 3 nitrogen and oxygen atoms in total. The van der Waals surface area contributed by atoms with E-state index < -0.39 is 18.8 Å². The Labute approximate surface area is 97.3 Å². The Kier molecular flexibility index (Phi) is 4.22. The van der Waals surface area contributed by atoms with Crippen LogP contribution in [0, 0.1) is 0 Å². The maximum absolute atomic E-state index is 12.1. The lowest BCUT2D eigenvalue weighted by Gasteiger charge is -2.17. The highest BCUT2D eigenvalue weighted by Crippen LogP contribution is 2.33. The third-order valence-corrected chi connectivity index (χ3v) is 2.09. The molecule has 0 bridgehead atoms. The molecule has 1 unspecified atom stereocenters. The van der Waals surface area contributed by atoms with Gasteiger partial charge in [-0.2, -0.15) is 13.2 Å². The van der Waals surface area contributed by atoms with Crippen molar-refractivity contribution in [3.8, 4) is 11.5 Å². The van der Waals surface area contributed by atoms with Gasteiger partial charge in [-0.05, 0) is 19.1 Å². The second-order valence-electron chi connectivity index (χ2n) is 3.56. The zero-order valence-electron chi connectivity index (χ0n) is 9.54. The van der Waals surface area contributed by atoms with Gasteiger partial charge in [0.15, 0.2) is 6.61 Å². The average molecular weight is 249 g/mol. The third-order valence-electron chi connectivity index (χ3n) is 2.09. The quantitative estimate of drug-likeness (QED) is 0.892. The van der Waals surface area contributed by atoms with Crippen molar-refractivity contribution in [1.29, 1.82) is 0 Å². The van der Waals surface area contributed by atoms with Gasteiger partial charge in [-0.25, -0.2) is 0 Å². The maximum atomic E-state index is 12.1. The number of hydrogen-bond donors (Lipinski definition) is 1. The van der Waals surface area contributed by atoms with E-state index in [4.69, 9.17) is 15.2 Å². The van der Waals surface area contributed by atoms with Gasteiger partial charge in [0.25, 0.3) is 0 Å². The van der Waals surface area contributed by atoms with E-state index in [1.165, 1.54) is 13.2 Å². The number of hydrogen-bond acceptors (Lipinski definition) is 3. The van der Waals surface area contributed by atoms with Crippen molar-refractivity contribution in [2.24, 2.45) is 5.73 Å². The first-order valence-corrected chi connectivity index (χ1v) is 4.97. The summed E-state index contributed by atoms with van der Waals surface area (Å²) >= 11 is 0. The summed E-state index contributed by atoms with van der Waals surface area (Å²) in [6.07, 6.45) is -4.38. The van der Waals surface area contributed by atoms with Crippen molar-refractivity contribution in [1.82, 2.24) is 0 Å². The predicted octanol–water partition coefficient (Wildman–Crippen LogP) is 2.66. The molecule has 0 aliphatic rings. The normalized spacial score (nSPS) is 13.3. The summed E-state index contributed by atoms with van der Waals surface area (Å²) in [7, 11) is 1.43. The number of benzene rings is 1. The van der Waals surface area contributed by atoms with Crippen LogP contribution in [0.4, 0.5) is 13.2 Å². The van der Waals surface area contributed by atoms with Crippen LogP contribution in [0.15, 0.2) is 18.2 Å². The summed E-state index contributed by atoms with van der Waals surface area (Å²) in [4.78, 5) is 0. The van der Waals surface area contributed by atoms with E-state index in [1.807, 2.05) is 0 Å². The molecule has 96 valence electrons. The SMILES string of the molecule is COc1cccc(OCC(F)(F)F)c1C(C)N. The van der Waals surface area contributed by atoms with Crippen LogP contribution >= 0.6 is 0 Å². The van der Waals surface area contributed by atoms with Crippen molar-refractivity contribution < 1.29 is 22.6 Å². The van der Waals surface area contributed by atoms with Crippen LogP contribution in [-0.2, 0) is 0 Å². The molecule has 0 aliphatic carbocycles. The molecule has 6 heteroatoms. The van der Waals surface area contributed by atoms with E-state index in [0.717, 1.165) is 0 Å². The number of ether oxygens (including phenoxy) is 2. The lowest BCUT2D eigenvalue weighted by Crippen LogP contribution is -2.20. The molecule has 1 aromatic rings. The molecule has 0 fully saturated rings. The second kappa shape index (κ2) is 5.27. The minimum Gasteiger partial charge on any atom is -0.496 e. The average Bonchev–Trinajstić information content (AvgIpc) is 2.24. The molecule has 1 atom stereocenters. The van der Waals surface area contributed by atoms with Crippen LogP contribution in [0.3, 0.4) is 0 Å². The highest BCUT2D eigenvalue weighted by atomic mass is 19.4. The molecular formula is C11H14F3NO2. The van der Waals surface area contributed by atoms with Crippen molar-refractivity contribution in [3.63, 3.8) is 0 Å². The van der Waals surface area contributed by atoms with E-state index in [2.05, 4.69) is 0 Å². The number of methoxy groups -OCH3 is 1. The first-order valence-electron chi connectivity index (χ1n) is 4.97. The second-order valence-corrected chi connectivity index (χ2v) is 3.56. The fourth-order valence-electron chi connectivity index (χ4n) is 1.44. The number of nitrogens with two attached hydrogens (primary N) is 1. The maximum Gasteiger partial charge on any atom is 0.422 e. The molecule has 0 saturated carbocycles. The molecular weight excluding hydrogens is 235 g/mol. The van der Waals surface area contributed by atoms with Crippen LogP contribution in [0.25, 0.3) is 0 Å². The van der Waals surface area contributed by atoms with Gasteiger partial charge in [0.1, 0.15) is 11.5 Å². The van der Waals surface area contributed by atoms with Crippen molar-refractivity contribution in [3.05, 3.63) is 23.8 Å². The van der Waals surface area contributed by atoms with Crippen LogP contribution in [0.2, 0.25) is 0 Å². The molecule has 0 heterocycles. The van der Waals surface area contributed by atoms with Gasteiger partial charge in [0, 0.05) is 6.04 Å². The molecule has 2 N–H and O–H groups in total. The zero-order valence-corrected chi connectivity index (χ0v) is 9.54. The van der Waals surface area contributed by atoms with Crippen molar-refractivity contribution >= 4 is 0 Å². The monoisotopic (exact) mass is 249 g/mol. The Hall–Kier alpha value is -1.43. The Morgan fingerprint density at radius 1 is 1.29 bits per heavy atom. The summed E-state index contributed by atoms with van der Waals surface area (Å²) in [5.74, 6) is 0.511. The standard InChI is InChI=1S/C11H14F3NO2/c1-7(15)10-8(16-2)4-3-5-9(10)17-6-11(12,13)14/h3-5,7H,6,15H2,1-2H3. The third kappa shape index (κ3) is 3.81. The van der Waals surface area contributed by atoms with Crippen LogP contribution < -0.4 is 15.2 Å². The highest BCUT2D eigenvalue weighted by molar-refractivity contribution is 5.46. The molecule has 0 amide bonds. The predicted molar refractivity (Wildman–Crippen MR) is 57.1 cm³/mol. The van der Waals surface area contributed by atoms with E-state index >= 15 is 0 Å². The lowest BCUT2D eigenvalue weighted by molar-refractivity contribution is -0.153. The highest BCUT2D eigenvalue weighted by Gasteiger charge is 2.29. The molecule has 1 aromatic carbocycles. The van der Waals surface area contributed by atoms with Crippen molar-refractivity contribution in [2.45, 2.75) is 19.1 Å². The molecule has 1 rings (SSSR count). The van der Waals surface area contributed by atoms with Crippen molar-refractivity contribution in [2.75, 3.05) is 13.7 Å². The molecule has 0 aliphatic heterocycles. The van der Waals surface area contributed by atoms with E-state index in [0.29, 0.717) is 11.3 Å². The number of rotatable bonds is 4. The minimum absolute atomic E-state index is 0.0941. The Morgan fingerprint density at radius 2 is 1.88 bits per heavy atom. The first kappa shape index (κ1) is 13.6. The topological polar surface area (TPSA) is 44.5 Å². The summed E-state index contributed by atoms with van der Waals surface area (Å²) in [5.41, 5.74) is 6.12. The van der Waals surface area contributed by atoms with Gasteiger partial charge in [-0.1, -0.05) is 6.07 Å². The van der Waals surface area contributed by atoms with Crippen LogP contribution in [0.1, 0.15) is 18.5 Å². The Bertz CT molecular complexity index is 377. The van der Waals surface area contributed by atoms with Gasteiger partial charge >= 0.3 is 6.18 Å². The lowest BCUT2D eigenvalue weighted by atomic mass is 10.1. The molecule has 0 spiro atoms. The van der Waals surface area contributed by atoms with Gasteiger partial charge in [-0.15, -0.1) is 0 Å². The summed E-state index contributed by atoms with van der Waals surface area (Å²) < 4.78 is 46.0. The molecule has 0 aromatic heterocycles. The van der Waals surface area contributed by atoms with E-state index in [9.17, 15) is 13.2 Å². The van der Waals surface area contributed by atoms with Gasteiger partial charge in [0.2, 0.25) is 0 Å². The fourth-order valence-corrected chi connectivity index (χ4v) is 1.44. The summed E-state index contributed by atoms with van der Waals surface area (Å²) in [6.45, 7) is 0.304. The molecule has 17 heavy (non-hydrogen) atoms. The first-order chi connectivity index (χ1) is 7.85. The Balaban J connectivity index is 2.98. The van der Waals surface area contributed by atoms with Crippen LogP contribution in [0.5, 0.6) is 11.5 Å². The minimum atomic E-state index is -4.38. The summed E-state index contributed by atoms with van der Waals surface area (Å²) in [5, 5.41) is 0. The van der Waals surface area contributed by atoms with Gasteiger partial charge in [-0.3, -0.25) is 0 Å². The number of alkyl halides is 3. The fraction of sp³-hybridized carbons (Fsp3) is 0.455. The largest absolute Gasteiger partial charge is 0.496 e. The zero-order chi connectivity index (χ0) is 13.1. The number of halogens is 3.